The highest BCUT2D eigenvalue weighted by Crippen LogP contribution is 2.28. The molecule has 0 aromatic heterocycles. The van der Waals surface area contributed by atoms with Gasteiger partial charge in [-0.3, -0.25) is 4.79 Å². The second-order valence-corrected chi connectivity index (χ2v) is 4.89. The van der Waals surface area contributed by atoms with E-state index in [9.17, 15) is 9.90 Å². The first-order chi connectivity index (χ1) is 10.2. The molecule has 0 aliphatic rings. The van der Waals surface area contributed by atoms with E-state index in [1.165, 1.54) is 0 Å². The molecule has 104 valence electrons. The van der Waals surface area contributed by atoms with Gasteiger partial charge in [0.25, 0.3) is 0 Å². The molecule has 1 amide bonds. The normalized spacial score (nSPS) is 10.5. The third kappa shape index (κ3) is 2.87. The van der Waals surface area contributed by atoms with Gasteiger partial charge >= 0.3 is 0 Å². The number of phenols is 1. The van der Waals surface area contributed by atoms with Gasteiger partial charge in [-0.05, 0) is 17.5 Å². The Morgan fingerprint density at radius 1 is 0.905 bits per heavy atom. The van der Waals surface area contributed by atoms with Crippen LogP contribution in [0.25, 0.3) is 10.8 Å². The van der Waals surface area contributed by atoms with Crippen LogP contribution in [0.4, 0.5) is 5.69 Å². The van der Waals surface area contributed by atoms with Crippen molar-refractivity contribution in [2.75, 3.05) is 5.32 Å². The van der Waals surface area contributed by atoms with Crippen LogP contribution in [0.3, 0.4) is 0 Å². The highest BCUT2D eigenvalue weighted by Gasteiger charge is 2.10. The maximum absolute atomic E-state index is 12.0. The number of fused-ring (bicyclic) bond motifs is 1. The molecule has 3 heteroatoms. The Morgan fingerprint density at radius 3 is 2.43 bits per heavy atom. The average Bonchev–Trinajstić information content (AvgIpc) is 2.51. The van der Waals surface area contributed by atoms with Crippen molar-refractivity contribution in [2.24, 2.45) is 0 Å². The molecule has 0 saturated heterocycles. The summed E-state index contributed by atoms with van der Waals surface area (Å²) in [4.78, 5) is 12.0. The molecular formula is C18H15NO2. The fourth-order valence-corrected chi connectivity index (χ4v) is 2.34. The van der Waals surface area contributed by atoms with Crippen molar-refractivity contribution in [1.82, 2.24) is 0 Å². The standard InChI is InChI=1S/C18H15NO2/c20-17(19-15-7-2-1-3-8-15)12-14-11-10-13-6-4-5-9-16(13)18(14)21/h1-11,21H,12H2,(H,19,20). The largest absolute Gasteiger partial charge is 0.507 e. The highest BCUT2D eigenvalue weighted by molar-refractivity contribution is 5.95. The minimum atomic E-state index is -0.146. The van der Waals surface area contributed by atoms with Gasteiger partial charge in [-0.2, -0.15) is 0 Å². The molecule has 0 aliphatic heterocycles. The van der Waals surface area contributed by atoms with Crippen LogP contribution >= 0.6 is 0 Å². The first kappa shape index (κ1) is 13.2. The first-order valence-corrected chi connectivity index (χ1v) is 6.78. The minimum absolute atomic E-state index is 0.144. The lowest BCUT2D eigenvalue weighted by molar-refractivity contribution is -0.115. The molecule has 0 spiro atoms. The van der Waals surface area contributed by atoms with Gasteiger partial charge in [0.1, 0.15) is 5.75 Å². The van der Waals surface area contributed by atoms with Gasteiger partial charge in [-0.1, -0.05) is 54.6 Å². The zero-order valence-electron chi connectivity index (χ0n) is 11.4. The molecule has 3 aromatic rings. The van der Waals surface area contributed by atoms with Crippen molar-refractivity contribution >= 4 is 22.4 Å². The van der Waals surface area contributed by atoms with Gasteiger partial charge < -0.3 is 10.4 Å². The third-order valence-electron chi connectivity index (χ3n) is 3.39. The van der Waals surface area contributed by atoms with Gasteiger partial charge in [0, 0.05) is 16.6 Å². The Hall–Kier alpha value is -2.81. The Kier molecular flexibility index (Phi) is 3.56. The summed E-state index contributed by atoms with van der Waals surface area (Å²) in [6.07, 6.45) is 0.144. The molecule has 0 bridgehead atoms. The Bertz CT molecular complexity index is 782. The summed E-state index contributed by atoms with van der Waals surface area (Å²) in [5, 5.41) is 14.8. The highest BCUT2D eigenvalue weighted by atomic mass is 16.3. The zero-order chi connectivity index (χ0) is 14.7. The number of para-hydroxylation sites is 1. The number of aromatic hydroxyl groups is 1. The maximum Gasteiger partial charge on any atom is 0.228 e. The summed E-state index contributed by atoms with van der Waals surface area (Å²) in [7, 11) is 0. The second-order valence-electron chi connectivity index (χ2n) is 4.89. The monoisotopic (exact) mass is 277 g/mol. The number of rotatable bonds is 3. The molecule has 0 atom stereocenters. The van der Waals surface area contributed by atoms with Crippen LogP contribution in [0.2, 0.25) is 0 Å². The van der Waals surface area contributed by atoms with Gasteiger partial charge in [-0.25, -0.2) is 0 Å². The molecule has 21 heavy (non-hydrogen) atoms. The van der Waals surface area contributed by atoms with Crippen molar-refractivity contribution < 1.29 is 9.90 Å². The minimum Gasteiger partial charge on any atom is -0.507 e. The second kappa shape index (κ2) is 5.67. The van der Waals surface area contributed by atoms with Crippen LogP contribution in [-0.2, 0) is 11.2 Å². The molecule has 2 N–H and O–H groups in total. The number of hydrogen-bond acceptors (Lipinski definition) is 2. The summed E-state index contributed by atoms with van der Waals surface area (Å²) in [5.41, 5.74) is 1.38. The molecule has 3 nitrogen and oxygen atoms in total. The lowest BCUT2D eigenvalue weighted by atomic mass is 10.0. The van der Waals surface area contributed by atoms with E-state index in [-0.39, 0.29) is 18.1 Å². The van der Waals surface area contributed by atoms with E-state index < -0.39 is 0 Å². The van der Waals surface area contributed by atoms with Crippen molar-refractivity contribution in [3.05, 3.63) is 72.3 Å². The average molecular weight is 277 g/mol. The van der Waals surface area contributed by atoms with E-state index in [1.54, 1.807) is 6.07 Å². The number of nitrogens with one attached hydrogen (secondary N) is 1. The fraction of sp³-hybridized carbons (Fsp3) is 0.0556. The number of carbonyl (C=O) groups is 1. The number of hydrogen-bond donors (Lipinski definition) is 2. The molecule has 3 rings (SSSR count). The molecule has 0 fully saturated rings. The molecule has 3 aromatic carbocycles. The van der Waals surface area contributed by atoms with E-state index in [2.05, 4.69) is 5.32 Å². The Morgan fingerprint density at radius 2 is 1.62 bits per heavy atom. The third-order valence-corrected chi connectivity index (χ3v) is 3.39. The zero-order valence-corrected chi connectivity index (χ0v) is 11.4. The van der Waals surface area contributed by atoms with Gasteiger partial charge in [0.2, 0.25) is 5.91 Å². The van der Waals surface area contributed by atoms with Crippen molar-refractivity contribution in [1.29, 1.82) is 0 Å². The SMILES string of the molecule is O=C(Cc1ccc2ccccc2c1O)Nc1ccccc1. The van der Waals surface area contributed by atoms with E-state index in [0.29, 0.717) is 5.56 Å². The number of phenolic OH excluding ortho intramolecular Hbond substituents is 1. The van der Waals surface area contributed by atoms with Crippen molar-refractivity contribution in [2.45, 2.75) is 6.42 Å². The van der Waals surface area contributed by atoms with Gasteiger partial charge in [0.15, 0.2) is 0 Å². The molecule has 0 saturated carbocycles. The number of anilines is 1. The Balaban J connectivity index is 1.82. The number of amides is 1. The summed E-state index contributed by atoms with van der Waals surface area (Å²) >= 11 is 0. The molecule has 0 heterocycles. The summed E-state index contributed by atoms with van der Waals surface area (Å²) in [5.74, 6) is 0.0306. The predicted octanol–water partition coefficient (Wildman–Crippen LogP) is 3.73. The van der Waals surface area contributed by atoms with Crippen LogP contribution < -0.4 is 5.32 Å². The van der Waals surface area contributed by atoms with Crippen LogP contribution in [0.1, 0.15) is 5.56 Å². The Labute approximate surface area is 122 Å². The van der Waals surface area contributed by atoms with Crippen LogP contribution in [-0.4, -0.2) is 11.0 Å². The fourth-order valence-electron chi connectivity index (χ4n) is 2.34. The van der Waals surface area contributed by atoms with E-state index >= 15 is 0 Å². The molecule has 0 unspecified atom stereocenters. The van der Waals surface area contributed by atoms with Crippen molar-refractivity contribution in [3.63, 3.8) is 0 Å². The number of benzene rings is 3. The van der Waals surface area contributed by atoms with Crippen LogP contribution in [0.15, 0.2) is 66.7 Å². The summed E-state index contributed by atoms with van der Waals surface area (Å²) < 4.78 is 0. The summed E-state index contributed by atoms with van der Waals surface area (Å²) in [6, 6.07) is 20.6. The maximum atomic E-state index is 12.0. The lowest BCUT2D eigenvalue weighted by Crippen LogP contribution is -2.14. The smallest absolute Gasteiger partial charge is 0.228 e. The van der Waals surface area contributed by atoms with Gasteiger partial charge in [-0.15, -0.1) is 0 Å². The van der Waals surface area contributed by atoms with Crippen molar-refractivity contribution in [3.8, 4) is 5.75 Å². The van der Waals surface area contributed by atoms with E-state index in [4.69, 9.17) is 0 Å². The van der Waals surface area contributed by atoms with Crippen LogP contribution in [0.5, 0.6) is 5.75 Å². The first-order valence-electron chi connectivity index (χ1n) is 6.78. The molecule has 0 radical (unpaired) electrons. The molecular weight excluding hydrogens is 262 g/mol. The van der Waals surface area contributed by atoms with E-state index in [1.807, 2.05) is 60.7 Å². The summed E-state index contributed by atoms with van der Waals surface area (Å²) in [6.45, 7) is 0. The topological polar surface area (TPSA) is 49.3 Å². The van der Waals surface area contributed by atoms with E-state index in [0.717, 1.165) is 16.5 Å². The quantitative estimate of drug-likeness (QED) is 0.766. The van der Waals surface area contributed by atoms with Gasteiger partial charge in [0.05, 0.1) is 6.42 Å². The van der Waals surface area contributed by atoms with Crippen LogP contribution in [0, 0.1) is 0 Å². The number of carbonyl (C=O) groups excluding carboxylic acids is 1. The predicted molar refractivity (Wildman–Crippen MR) is 84.4 cm³/mol. The molecule has 0 aliphatic carbocycles. The lowest BCUT2D eigenvalue weighted by Gasteiger charge is -2.09.